The minimum Gasteiger partial charge on any atom is -0.491 e. The van der Waals surface area contributed by atoms with Gasteiger partial charge in [0.05, 0.1) is 0 Å². The van der Waals surface area contributed by atoms with Crippen LogP contribution in [0.3, 0.4) is 0 Å². The number of hydrogen-bond donors (Lipinski definition) is 2. The molecule has 1 unspecified atom stereocenters. The molecule has 0 aliphatic heterocycles. The summed E-state index contributed by atoms with van der Waals surface area (Å²) >= 11 is 0. The van der Waals surface area contributed by atoms with E-state index in [-0.39, 0.29) is 5.54 Å². The topological polar surface area (TPSA) is 41.5 Å². The molecule has 0 aromatic heterocycles. The minimum absolute atomic E-state index is 0.00390. The zero-order chi connectivity index (χ0) is 14.6. The molecule has 108 valence electrons. The number of aliphatic hydroxyl groups is 1. The lowest BCUT2D eigenvalue weighted by Gasteiger charge is -2.23. The molecule has 3 heteroatoms. The number of ether oxygens (including phenoxy) is 1. The quantitative estimate of drug-likeness (QED) is 0.880. The number of hydrogen-bond acceptors (Lipinski definition) is 3. The van der Waals surface area contributed by atoms with Crippen molar-refractivity contribution in [3.05, 3.63) is 42.5 Å². The molecule has 0 fully saturated rings. The highest BCUT2D eigenvalue weighted by Gasteiger charge is 2.12. The molecule has 2 aromatic carbocycles. The largest absolute Gasteiger partial charge is 0.491 e. The van der Waals surface area contributed by atoms with Gasteiger partial charge in [-0.3, -0.25) is 0 Å². The molecule has 20 heavy (non-hydrogen) atoms. The molecule has 1 atom stereocenters. The van der Waals surface area contributed by atoms with Crippen molar-refractivity contribution in [3.8, 4) is 5.75 Å². The fourth-order valence-corrected chi connectivity index (χ4v) is 1.93. The Morgan fingerprint density at radius 2 is 1.80 bits per heavy atom. The molecular weight excluding hydrogens is 250 g/mol. The molecule has 2 rings (SSSR count). The van der Waals surface area contributed by atoms with E-state index in [0.29, 0.717) is 13.2 Å². The molecule has 0 amide bonds. The number of fused-ring (bicyclic) bond motifs is 1. The molecule has 0 heterocycles. The molecule has 3 nitrogen and oxygen atoms in total. The van der Waals surface area contributed by atoms with Gasteiger partial charge in [0.15, 0.2) is 0 Å². The Balaban J connectivity index is 1.89. The second-order valence-electron chi connectivity index (χ2n) is 6.10. The van der Waals surface area contributed by atoms with Crippen molar-refractivity contribution in [2.45, 2.75) is 32.4 Å². The van der Waals surface area contributed by atoms with Gasteiger partial charge in [0.2, 0.25) is 0 Å². The lowest BCUT2D eigenvalue weighted by molar-refractivity contribution is 0.100. The van der Waals surface area contributed by atoms with Crippen molar-refractivity contribution >= 4 is 10.8 Å². The minimum atomic E-state index is -0.513. The zero-order valence-electron chi connectivity index (χ0n) is 12.4. The second-order valence-corrected chi connectivity index (χ2v) is 6.10. The molecule has 0 bridgehead atoms. The summed E-state index contributed by atoms with van der Waals surface area (Å²) < 4.78 is 5.65. The number of rotatable bonds is 5. The van der Waals surface area contributed by atoms with Crippen LogP contribution in [0.15, 0.2) is 42.5 Å². The molecule has 0 aliphatic rings. The van der Waals surface area contributed by atoms with E-state index in [1.807, 2.05) is 30.3 Å². The van der Waals surface area contributed by atoms with E-state index in [0.717, 1.165) is 11.1 Å². The first-order chi connectivity index (χ1) is 9.44. The summed E-state index contributed by atoms with van der Waals surface area (Å²) in [6.45, 7) is 7.04. The van der Waals surface area contributed by atoms with Gasteiger partial charge in [-0.1, -0.05) is 30.3 Å². The monoisotopic (exact) mass is 273 g/mol. The van der Waals surface area contributed by atoms with Crippen LogP contribution in [-0.2, 0) is 0 Å². The standard InChI is InChI=1S/C17H23NO2/c1-17(2,3)18-11-15(19)12-20-16-9-8-13-6-4-5-7-14(13)10-16/h4-10,15,18-19H,11-12H2,1-3H3. The van der Waals surface area contributed by atoms with Crippen molar-refractivity contribution in [1.82, 2.24) is 5.32 Å². The fraction of sp³-hybridized carbons (Fsp3) is 0.412. The first kappa shape index (κ1) is 14.8. The Kier molecular flexibility index (Phi) is 4.63. The summed E-state index contributed by atoms with van der Waals surface area (Å²) in [5.74, 6) is 0.790. The Hall–Kier alpha value is -1.58. The highest BCUT2D eigenvalue weighted by molar-refractivity contribution is 5.83. The molecule has 0 saturated carbocycles. The van der Waals surface area contributed by atoms with Gasteiger partial charge >= 0.3 is 0 Å². The molecule has 0 saturated heterocycles. The number of benzene rings is 2. The van der Waals surface area contributed by atoms with E-state index >= 15 is 0 Å². The first-order valence-electron chi connectivity index (χ1n) is 6.99. The predicted octanol–water partition coefficient (Wildman–Crippen LogP) is 2.97. The van der Waals surface area contributed by atoms with Gasteiger partial charge in [0.25, 0.3) is 0 Å². The first-order valence-corrected chi connectivity index (χ1v) is 6.99. The van der Waals surface area contributed by atoms with E-state index in [9.17, 15) is 5.11 Å². The van der Waals surface area contributed by atoms with Crippen molar-refractivity contribution in [1.29, 1.82) is 0 Å². The second kappa shape index (κ2) is 6.25. The molecule has 2 aromatic rings. The van der Waals surface area contributed by atoms with Crippen molar-refractivity contribution in [3.63, 3.8) is 0 Å². The summed E-state index contributed by atoms with van der Waals surface area (Å²) in [7, 11) is 0. The maximum atomic E-state index is 9.90. The van der Waals surface area contributed by atoms with Gasteiger partial charge in [-0.2, -0.15) is 0 Å². The van der Waals surface area contributed by atoms with E-state index in [2.05, 4.69) is 38.2 Å². The van der Waals surface area contributed by atoms with Crippen LogP contribution in [0.4, 0.5) is 0 Å². The molecular formula is C17H23NO2. The van der Waals surface area contributed by atoms with E-state index < -0.39 is 6.10 Å². The molecule has 0 spiro atoms. The molecule has 0 aliphatic carbocycles. The zero-order valence-corrected chi connectivity index (χ0v) is 12.4. The number of β-amino-alcohol motifs (C(OH)–C–C–N with tert-alkyl or cyclic N) is 1. The average Bonchev–Trinajstić information content (AvgIpc) is 2.42. The Morgan fingerprint density at radius 1 is 1.10 bits per heavy atom. The smallest absolute Gasteiger partial charge is 0.120 e. The van der Waals surface area contributed by atoms with Gasteiger partial charge in [-0.25, -0.2) is 0 Å². The van der Waals surface area contributed by atoms with Crippen LogP contribution in [0.1, 0.15) is 20.8 Å². The van der Waals surface area contributed by atoms with Gasteiger partial charge in [0.1, 0.15) is 18.5 Å². The predicted molar refractivity (Wildman–Crippen MR) is 83.2 cm³/mol. The third kappa shape index (κ3) is 4.51. The van der Waals surface area contributed by atoms with Crippen LogP contribution < -0.4 is 10.1 Å². The lowest BCUT2D eigenvalue weighted by atomic mass is 10.1. The van der Waals surface area contributed by atoms with Gasteiger partial charge in [-0.05, 0) is 43.7 Å². The third-order valence-electron chi connectivity index (χ3n) is 3.03. The van der Waals surface area contributed by atoms with Crippen LogP contribution in [0.25, 0.3) is 10.8 Å². The average molecular weight is 273 g/mol. The normalized spacial score (nSPS) is 13.4. The van der Waals surface area contributed by atoms with Gasteiger partial charge in [0, 0.05) is 12.1 Å². The Morgan fingerprint density at radius 3 is 2.50 bits per heavy atom. The lowest BCUT2D eigenvalue weighted by Crippen LogP contribution is -2.42. The summed E-state index contributed by atoms with van der Waals surface area (Å²) in [4.78, 5) is 0. The summed E-state index contributed by atoms with van der Waals surface area (Å²) in [5.41, 5.74) is 0.00390. The van der Waals surface area contributed by atoms with E-state index in [1.165, 1.54) is 5.39 Å². The van der Waals surface area contributed by atoms with Crippen molar-refractivity contribution < 1.29 is 9.84 Å². The highest BCUT2D eigenvalue weighted by Crippen LogP contribution is 2.20. The maximum absolute atomic E-state index is 9.90. The summed E-state index contributed by atoms with van der Waals surface area (Å²) in [5, 5.41) is 15.5. The molecule has 0 radical (unpaired) electrons. The van der Waals surface area contributed by atoms with Crippen LogP contribution in [0, 0.1) is 0 Å². The number of aliphatic hydroxyl groups excluding tert-OH is 1. The van der Waals surface area contributed by atoms with Crippen molar-refractivity contribution in [2.75, 3.05) is 13.2 Å². The Bertz CT molecular complexity index is 560. The maximum Gasteiger partial charge on any atom is 0.120 e. The highest BCUT2D eigenvalue weighted by atomic mass is 16.5. The van der Waals surface area contributed by atoms with E-state index in [4.69, 9.17) is 4.74 Å². The van der Waals surface area contributed by atoms with E-state index in [1.54, 1.807) is 0 Å². The molecule has 2 N–H and O–H groups in total. The van der Waals surface area contributed by atoms with Crippen LogP contribution in [0.2, 0.25) is 0 Å². The van der Waals surface area contributed by atoms with Gasteiger partial charge in [-0.15, -0.1) is 0 Å². The fourth-order valence-electron chi connectivity index (χ4n) is 1.93. The van der Waals surface area contributed by atoms with Crippen LogP contribution in [0.5, 0.6) is 5.75 Å². The third-order valence-corrected chi connectivity index (χ3v) is 3.03. The SMILES string of the molecule is CC(C)(C)NCC(O)COc1ccc2ccccc2c1. The van der Waals surface area contributed by atoms with Crippen LogP contribution >= 0.6 is 0 Å². The summed E-state index contributed by atoms with van der Waals surface area (Å²) in [6.07, 6.45) is -0.513. The summed E-state index contributed by atoms with van der Waals surface area (Å²) in [6, 6.07) is 14.1. The number of nitrogens with one attached hydrogen (secondary N) is 1. The van der Waals surface area contributed by atoms with Crippen molar-refractivity contribution in [2.24, 2.45) is 0 Å². The Labute approximate surface area is 120 Å². The van der Waals surface area contributed by atoms with Gasteiger partial charge < -0.3 is 15.2 Å². The van der Waals surface area contributed by atoms with Crippen LogP contribution in [-0.4, -0.2) is 29.9 Å².